The highest BCUT2D eigenvalue weighted by molar-refractivity contribution is 6.39. The predicted molar refractivity (Wildman–Crippen MR) is 150 cm³/mol. The molecule has 10 nitrogen and oxygen atoms in total. The van der Waals surface area contributed by atoms with Crippen LogP contribution >= 0.6 is 0 Å². The van der Waals surface area contributed by atoms with Crippen LogP contribution in [0.3, 0.4) is 0 Å². The Labute approximate surface area is 227 Å². The molecule has 0 heterocycles. The Morgan fingerprint density at radius 2 is 1.49 bits per heavy atom. The largest absolute Gasteiger partial charge is 0.494 e. The number of benzene rings is 3. The van der Waals surface area contributed by atoms with E-state index in [4.69, 9.17) is 14.2 Å². The number of carbonyl (C=O) groups is 3. The molecule has 0 unspecified atom stereocenters. The molecular weight excluding hydrogens is 500 g/mol. The summed E-state index contributed by atoms with van der Waals surface area (Å²) in [5.41, 5.74) is 5.00. The van der Waals surface area contributed by atoms with E-state index in [-0.39, 0.29) is 12.5 Å². The van der Waals surface area contributed by atoms with Crippen LogP contribution in [0.15, 0.2) is 71.8 Å². The minimum Gasteiger partial charge on any atom is -0.494 e. The molecule has 3 rings (SSSR count). The lowest BCUT2D eigenvalue weighted by molar-refractivity contribution is -0.136. The van der Waals surface area contributed by atoms with Gasteiger partial charge in [-0.1, -0.05) is 24.6 Å². The van der Waals surface area contributed by atoms with Gasteiger partial charge in [-0.2, -0.15) is 5.10 Å². The summed E-state index contributed by atoms with van der Waals surface area (Å²) in [5.74, 6) is -0.646. The average molecular weight is 533 g/mol. The van der Waals surface area contributed by atoms with E-state index < -0.39 is 11.8 Å². The van der Waals surface area contributed by atoms with Crippen molar-refractivity contribution in [1.29, 1.82) is 0 Å². The van der Waals surface area contributed by atoms with Gasteiger partial charge in [0.25, 0.3) is 5.91 Å². The van der Waals surface area contributed by atoms with Gasteiger partial charge in [0.05, 0.1) is 19.4 Å². The van der Waals surface area contributed by atoms with Crippen molar-refractivity contribution in [2.45, 2.75) is 27.2 Å². The van der Waals surface area contributed by atoms with E-state index in [1.54, 1.807) is 42.5 Å². The second kappa shape index (κ2) is 14.8. The molecule has 0 atom stereocenters. The van der Waals surface area contributed by atoms with Gasteiger partial charge in [-0.3, -0.25) is 14.4 Å². The molecule has 0 radical (unpaired) electrons. The number of hydrogen-bond acceptors (Lipinski definition) is 7. The molecule has 10 heteroatoms. The first kappa shape index (κ1) is 28.7. The highest BCUT2D eigenvalue weighted by Crippen LogP contribution is 2.28. The number of carbonyl (C=O) groups excluding carboxylic acids is 3. The van der Waals surface area contributed by atoms with Crippen LogP contribution in [0.2, 0.25) is 0 Å². The van der Waals surface area contributed by atoms with Gasteiger partial charge >= 0.3 is 11.8 Å². The first-order valence-corrected chi connectivity index (χ1v) is 12.5. The predicted octanol–water partition coefficient (Wildman–Crippen LogP) is 4.29. The van der Waals surface area contributed by atoms with Gasteiger partial charge in [0.1, 0.15) is 5.75 Å². The second-order valence-electron chi connectivity index (χ2n) is 8.37. The second-order valence-corrected chi connectivity index (χ2v) is 8.37. The van der Waals surface area contributed by atoms with Crippen LogP contribution in [0.5, 0.6) is 17.2 Å². The fourth-order valence-electron chi connectivity index (χ4n) is 3.23. The lowest BCUT2D eigenvalue weighted by Crippen LogP contribution is -2.32. The monoisotopic (exact) mass is 532 g/mol. The zero-order chi connectivity index (χ0) is 28.0. The van der Waals surface area contributed by atoms with E-state index in [0.29, 0.717) is 47.4 Å². The molecule has 0 fully saturated rings. The van der Waals surface area contributed by atoms with Gasteiger partial charge in [-0.05, 0) is 80.4 Å². The smallest absolute Gasteiger partial charge is 0.329 e. The molecule has 0 saturated heterocycles. The Kier molecular flexibility index (Phi) is 10.9. The minimum atomic E-state index is -0.929. The molecule has 3 aromatic rings. The number of aryl methyl sites for hydroxylation is 1. The van der Waals surface area contributed by atoms with Crippen molar-refractivity contribution in [2.75, 3.05) is 30.5 Å². The number of anilines is 2. The number of hydrazone groups is 1. The lowest BCUT2D eigenvalue weighted by atomic mass is 10.2. The molecular formula is C29H32N4O6. The molecule has 0 bridgehead atoms. The molecule has 0 aliphatic rings. The van der Waals surface area contributed by atoms with Gasteiger partial charge in [-0.15, -0.1) is 0 Å². The molecule has 3 amide bonds. The third-order valence-electron chi connectivity index (χ3n) is 5.13. The van der Waals surface area contributed by atoms with E-state index in [2.05, 4.69) is 21.2 Å². The van der Waals surface area contributed by atoms with Gasteiger partial charge in [0.15, 0.2) is 18.1 Å². The standard InChI is InChI=1S/C29H32N4O6/c1-4-16-38-24-13-11-23(12-14-24)32-28(35)29(36)33-30-18-21-8-15-25(26(17-21)37-5-2)39-19-27(34)31-22-9-6-20(3)7-10-22/h6-15,17-18H,4-5,16,19H2,1-3H3,(H,31,34)(H,32,35)(H,33,36)/b30-18-. The summed E-state index contributed by atoms with van der Waals surface area (Å²) in [6.45, 7) is 6.55. The van der Waals surface area contributed by atoms with Crippen LogP contribution in [0.4, 0.5) is 11.4 Å². The molecule has 39 heavy (non-hydrogen) atoms. The van der Waals surface area contributed by atoms with Crippen LogP contribution in [-0.4, -0.2) is 43.8 Å². The summed E-state index contributed by atoms with van der Waals surface area (Å²) in [6.07, 6.45) is 2.25. The average Bonchev–Trinajstić information content (AvgIpc) is 2.93. The Balaban J connectivity index is 1.51. The third-order valence-corrected chi connectivity index (χ3v) is 5.13. The Bertz CT molecular complexity index is 1290. The Morgan fingerprint density at radius 3 is 2.18 bits per heavy atom. The number of nitrogens with zero attached hydrogens (tertiary/aromatic N) is 1. The molecule has 3 N–H and O–H groups in total. The number of nitrogens with one attached hydrogen (secondary N) is 3. The number of hydrogen-bond donors (Lipinski definition) is 3. The molecule has 0 spiro atoms. The summed E-state index contributed by atoms with van der Waals surface area (Å²) in [7, 11) is 0. The first-order chi connectivity index (χ1) is 18.9. The zero-order valence-electron chi connectivity index (χ0n) is 22.2. The number of rotatable bonds is 12. The summed E-state index contributed by atoms with van der Waals surface area (Å²) in [4.78, 5) is 36.5. The van der Waals surface area contributed by atoms with Crippen molar-refractivity contribution in [2.24, 2.45) is 5.10 Å². The summed E-state index contributed by atoms with van der Waals surface area (Å²) in [5, 5.41) is 9.11. The van der Waals surface area contributed by atoms with Crippen LogP contribution in [0, 0.1) is 6.92 Å². The fraction of sp³-hybridized carbons (Fsp3) is 0.241. The lowest BCUT2D eigenvalue weighted by Gasteiger charge is -2.12. The summed E-state index contributed by atoms with van der Waals surface area (Å²) in [6, 6.07) is 19.1. The third kappa shape index (κ3) is 9.51. The first-order valence-electron chi connectivity index (χ1n) is 12.5. The van der Waals surface area contributed by atoms with Gasteiger partial charge < -0.3 is 24.8 Å². The normalized spacial score (nSPS) is 10.5. The van der Waals surface area contributed by atoms with Crippen molar-refractivity contribution >= 4 is 35.3 Å². The van der Waals surface area contributed by atoms with Crippen molar-refractivity contribution in [3.8, 4) is 17.2 Å². The molecule has 3 aromatic carbocycles. The maximum Gasteiger partial charge on any atom is 0.329 e. The van der Waals surface area contributed by atoms with Gasteiger partial charge in [0, 0.05) is 11.4 Å². The molecule has 204 valence electrons. The molecule has 0 aliphatic heterocycles. The Hall–Kier alpha value is -4.86. The van der Waals surface area contributed by atoms with Crippen LogP contribution in [0.25, 0.3) is 0 Å². The molecule has 0 aromatic heterocycles. The van der Waals surface area contributed by atoms with Crippen molar-refractivity contribution < 1.29 is 28.6 Å². The van der Waals surface area contributed by atoms with E-state index in [9.17, 15) is 14.4 Å². The zero-order valence-corrected chi connectivity index (χ0v) is 22.2. The quantitative estimate of drug-likeness (QED) is 0.181. The molecule has 0 saturated carbocycles. The maximum absolute atomic E-state index is 12.3. The van der Waals surface area contributed by atoms with E-state index in [0.717, 1.165) is 12.0 Å². The minimum absolute atomic E-state index is 0.207. The SMILES string of the molecule is CCCOc1ccc(NC(=O)C(=O)N/N=C\c2ccc(OCC(=O)Nc3ccc(C)cc3)c(OCC)c2)cc1. The summed E-state index contributed by atoms with van der Waals surface area (Å²) < 4.78 is 16.8. The van der Waals surface area contributed by atoms with Crippen LogP contribution < -0.4 is 30.3 Å². The van der Waals surface area contributed by atoms with E-state index >= 15 is 0 Å². The van der Waals surface area contributed by atoms with Crippen LogP contribution in [0.1, 0.15) is 31.4 Å². The summed E-state index contributed by atoms with van der Waals surface area (Å²) >= 11 is 0. The highest BCUT2D eigenvalue weighted by atomic mass is 16.5. The van der Waals surface area contributed by atoms with Crippen molar-refractivity contribution in [3.63, 3.8) is 0 Å². The van der Waals surface area contributed by atoms with Crippen molar-refractivity contribution in [3.05, 3.63) is 77.9 Å². The van der Waals surface area contributed by atoms with E-state index in [1.165, 1.54) is 6.21 Å². The van der Waals surface area contributed by atoms with Gasteiger partial charge in [-0.25, -0.2) is 5.43 Å². The fourth-order valence-corrected chi connectivity index (χ4v) is 3.23. The highest BCUT2D eigenvalue weighted by Gasteiger charge is 2.13. The van der Waals surface area contributed by atoms with Gasteiger partial charge in [0.2, 0.25) is 0 Å². The topological polar surface area (TPSA) is 127 Å². The van der Waals surface area contributed by atoms with E-state index in [1.807, 2.05) is 45.0 Å². The molecule has 0 aliphatic carbocycles. The van der Waals surface area contributed by atoms with Crippen LogP contribution in [-0.2, 0) is 14.4 Å². The Morgan fingerprint density at radius 1 is 0.795 bits per heavy atom. The van der Waals surface area contributed by atoms with Crippen molar-refractivity contribution in [1.82, 2.24) is 5.43 Å². The number of ether oxygens (including phenoxy) is 3. The number of amides is 3. The maximum atomic E-state index is 12.3.